The normalized spacial score (nSPS) is 16.2. The molecule has 1 heterocycles. The molecule has 24 heavy (non-hydrogen) atoms. The minimum absolute atomic E-state index is 0.0920. The number of amides is 2. The van der Waals surface area contributed by atoms with Crippen molar-refractivity contribution in [2.75, 3.05) is 26.7 Å². The van der Waals surface area contributed by atoms with Crippen molar-refractivity contribution >= 4 is 11.8 Å². The fourth-order valence-corrected chi connectivity index (χ4v) is 2.90. The molecule has 1 unspecified atom stereocenters. The summed E-state index contributed by atoms with van der Waals surface area (Å²) >= 11 is 0. The molecule has 0 aromatic heterocycles. The summed E-state index contributed by atoms with van der Waals surface area (Å²) in [4.78, 5) is 25.0. The molecule has 1 aliphatic heterocycles. The summed E-state index contributed by atoms with van der Waals surface area (Å²) in [6.07, 6.45) is 2.64. The van der Waals surface area contributed by atoms with Crippen LogP contribution in [-0.2, 0) is 4.79 Å². The Morgan fingerprint density at radius 1 is 1.25 bits per heavy atom. The summed E-state index contributed by atoms with van der Waals surface area (Å²) in [5, 5.41) is 9.13. The first-order chi connectivity index (χ1) is 11.7. The Hall–Kier alpha value is -2.08. The van der Waals surface area contributed by atoms with Crippen LogP contribution in [0.15, 0.2) is 24.3 Å². The number of hydrogen-bond donors (Lipinski definition) is 3. The van der Waals surface area contributed by atoms with Crippen LogP contribution >= 0.6 is 0 Å². The molecule has 1 fully saturated rings. The third-order valence-corrected chi connectivity index (χ3v) is 4.33. The summed E-state index contributed by atoms with van der Waals surface area (Å²) in [7, 11) is 1.58. The molecule has 1 atom stereocenters. The lowest BCUT2D eigenvalue weighted by Gasteiger charge is -2.30. The molecule has 3 N–H and O–H groups in total. The van der Waals surface area contributed by atoms with Gasteiger partial charge in [0.15, 0.2) is 0 Å². The van der Waals surface area contributed by atoms with E-state index in [4.69, 9.17) is 4.74 Å². The van der Waals surface area contributed by atoms with Gasteiger partial charge in [0.05, 0.1) is 7.11 Å². The van der Waals surface area contributed by atoms with E-state index in [0.717, 1.165) is 32.4 Å². The van der Waals surface area contributed by atoms with Gasteiger partial charge >= 0.3 is 0 Å². The molecule has 0 radical (unpaired) electrons. The highest BCUT2D eigenvalue weighted by Gasteiger charge is 2.30. The molecule has 0 aliphatic carbocycles. The van der Waals surface area contributed by atoms with Gasteiger partial charge in [0.2, 0.25) is 5.91 Å². The van der Waals surface area contributed by atoms with Gasteiger partial charge in [0.25, 0.3) is 5.91 Å². The van der Waals surface area contributed by atoms with Gasteiger partial charge < -0.3 is 20.7 Å². The average Bonchev–Trinajstić information content (AvgIpc) is 2.64. The zero-order valence-electron chi connectivity index (χ0n) is 14.4. The first-order valence-corrected chi connectivity index (χ1v) is 8.59. The van der Waals surface area contributed by atoms with Crippen molar-refractivity contribution in [2.24, 2.45) is 5.92 Å². The molecule has 1 aliphatic rings. The molecule has 1 saturated heterocycles. The number of carbonyl (C=O) groups excluding carboxylic acids is 2. The number of nitrogens with one attached hydrogen (secondary N) is 3. The molecule has 1 aromatic rings. The molecular weight excluding hydrogens is 306 g/mol. The topological polar surface area (TPSA) is 79.5 Å². The van der Waals surface area contributed by atoms with Crippen molar-refractivity contribution in [3.8, 4) is 5.75 Å². The van der Waals surface area contributed by atoms with E-state index >= 15 is 0 Å². The highest BCUT2D eigenvalue weighted by molar-refractivity contribution is 5.97. The van der Waals surface area contributed by atoms with E-state index in [9.17, 15) is 9.59 Å². The SMILES string of the molecule is CCCNC(=O)C(NC(=O)c1ccc(OC)cc1)C1CCNCC1. The summed E-state index contributed by atoms with van der Waals surface area (Å²) in [6.45, 7) is 4.38. The Bertz CT molecular complexity index is 539. The van der Waals surface area contributed by atoms with E-state index in [2.05, 4.69) is 16.0 Å². The van der Waals surface area contributed by atoms with E-state index in [1.165, 1.54) is 0 Å². The van der Waals surface area contributed by atoms with E-state index in [1.54, 1.807) is 31.4 Å². The third-order valence-electron chi connectivity index (χ3n) is 4.33. The van der Waals surface area contributed by atoms with Gasteiger partial charge in [-0.05, 0) is 62.5 Å². The van der Waals surface area contributed by atoms with Crippen molar-refractivity contribution in [2.45, 2.75) is 32.2 Å². The lowest BCUT2D eigenvalue weighted by molar-refractivity contribution is -0.124. The Morgan fingerprint density at radius 2 is 1.92 bits per heavy atom. The van der Waals surface area contributed by atoms with Crippen LogP contribution in [0.25, 0.3) is 0 Å². The minimum Gasteiger partial charge on any atom is -0.497 e. The second kappa shape index (κ2) is 9.27. The summed E-state index contributed by atoms with van der Waals surface area (Å²) in [5.74, 6) is 0.533. The second-order valence-electron chi connectivity index (χ2n) is 6.06. The maximum atomic E-state index is 12.5. The first-order valence-electron chi connectivity index (χ1n) is 8.59. The largest absolute Gasteiger partial charge is 0.497 e. The summed E-state index contributed by atoms with van der Waals surface area (Å²) in [5.41, 5.74) is 0.526. The molecule has 2 amide bonds. The average molecular weight is 333 g/mol. The quantitative estimate of drug-likeness (QED) is 0.703. The Labute approximate surface area is 143 Å². The molecule has 132 valence electrons. The van der Waals surface area contributed by atoms with Gasteiger partial charge in [-0.25, -0.2) is 0 Å². The van der Waals surface area contributed by atoms with Crippen molar-refractivity contribution in [1.82, 2.24) is 16.0 Å². The summed E-state index contributed by atoms with van der Waals surface area (Å²) in [6, 6.07) is 6.40. The number of piperidine rings is 1. The van der Waals surface area contributed by atoms with Crippen molar-refractivity contribution in [3.05, 3.63) is 29.8 Å². The molecule has 0 bridgehead atoms. The second-order valence-corrected chi connectivity index (χ2v) is 6.06. The monoisotopic (exact) mass is 333 g/mol. The predicted octanol–water partition coefficient (Wildman–Crippen LogP) is 1.32. The molecule has 6 nitrogen and oxygen atoms in total. The van der Waals surface area contributed by atoms with Crippen LogP contribution in [0.1, 0.15) is 36.5 Å². The van der Waals surface area contributed by atoms with Crippen molar-refractivity contribution < 1.29 is 14.3 Å². The molecule has 1 aromatic carbocycles. The maximum absolute atomic E-state index is 12.5. The number of methoxy groups -OCH3 is 1. The minimum atomic E-state index is -0.492. The van der Waals surface area contributed by atoms with E-state index < -0.39 is 6.04 Å². The van der Waals surface area contributed by atoms with Crippen LogP contribution in [0, 0.1) is 5.92 Å². The number of rotatable bonds is 7. The fraction of sp³-hybridized carbons (Fsp3) is 0.556. The highest BCUT2D eigenvalue weighted by atomic mass is 16.5. The molecule has 0 saturated carbocycles. The van der Waals surface area contributed by atoms with Gasteiger partial charge in [-0.1, -0.05) is 6.92 Å². The molecular formula is C18H27N3O3. The molecule has 6 heteroatoms. The van der Waals surface area contributed by atoms with Crippen LogP contribution in [0.2, 0.25) is 0 Å². The van der Waals surface area contributed by atoms with Crippen LogP contribution < -0.4 is 20.7 Å². The van der Waals surface area contributed by atoms with Gasteiger partial charge in [0, 0.05) is 12.1 Å². The van der Waals surface area contributed by atoms with E-state index in [-0.39, 0.29) is 17.7 Å². The number of carbonyl (C=O) groups is 2. The van der Waals surface area contributed by atoms with E-state index in [0.29, 0.717) is 17.9 Å². The lowest BCUT2D eigenvalue weighted by Crippen LogP contribution is -2.53. The molecule has 0 spiro atoms. The van der Waals surface area contributed by atoms with Gasteiger partial charge in [0.1, 0.15) is 11.8 Å². The van der Waals surface area contributed by atoms with Gasteiger partial charge in [-0.3, -0.25) is 9.59 Å². The zero-order valence-corrected chi connectivity index (χ0v) is 14.4. The number of hydrogen-bond acceptors (Lipinski definition) is 4. The summed E-state index contributed by atoms with van der Waals surface area (Å²) < 4.78 is 5.10. The third kappa shape index (κ3) is 4.96. The Kier molecular flexibility index (Phi) is 7.06. The zero-order chi connectivity index (χ0) is 17.4. The number of ether oxygens (including phenoxy) is 1. The van der Waals surface area contributed by atoms with Crippen LogP contribution in [-0.4, -0.2) is 44.6 Å². The van der Waals surface area contributed by atoms with Crippen molar-refractivity contribution in [3.63, 3.8) is 0 Å². The van der Waals surface area contributed by atoms with Gasteiger partial charge in [-0.15, -0.1) is 0 Å². The van der Waals surface area contributed by atoms with Crippen LogP contribution in [0.5, 0.6) is 5.75 Å². The lowest BCUT2D eigenvalue weighted by atomic mass is 9.89. The van der Waals surface area contributed by atoms with Crippen molar-refractivity contribution in [1.29, 1.82) is 0 Å². The fourth-order valence-electron chi connectivity index (χ4n) is 2.90. The Morgan fingerprint density at radius 3 is 2.50 bits per heavy atom. The van der Waals surface area contributed by atoms with Crippen LogP contribution in [0.4, 0.5) is 0 Å². The van der Waals surface area contributed by atoms with Gasteiger partial charge in [-0.2, -0.15) is 0 Å². The highest BCUT2D eigenvalue weighted by Crippen LogP contribution is 2.18. The maximum Gasteiger partial charge on any atom is 0.251 e. The van der Waals surface area contributed by atoms with E-state index in [1.807, 2.05) is 6.92 Å². The Balaban J connectivity index is 2.07. The predicted molar refractivity (Wildman–Crippen MR) is 93.1 cm³/mol. The smallest absolute Gasteiger partial charge is 0.251 e. The number of benzene rings is 1. The van der Waals surface area contributed by atoms with Crippen LogP contribution in [0.3, 0.4) is 0 Å². The first kappa shape index (κ1) is 18.3. The standard InChI is InChI=1S/C18H27N3O3/c1-3-10-20-18(23)16(13-8-11-19-12-9-13)21-17(22)14-4-6-15(24-2)7-5-14/h4-7,13,16,19H,3,8-12H2,1-2H3,(H,20,23)(H,21,22). The molecule has 2 rings (SSSR count).